The molecule has 2 N–H and O–H groups in total. The van der Waals surface area contributed by atoms with Gasteiger partial charge in [-0.2, -0.15) is 0 Å². The Morgan fingerprint density at radius 1 is 0.862 bits per heavy atom. The minimum atomic E-state index is -1.09. The first-order valence-electron chi connectivity index (χ1n) is 20.5. The van der Waals surface area contributed by atoms with Crippen molar-refractivity contribution in [2.45, 2.75) is 75.4 Å². The van der Waals surface area contributed by atoms with Crippen LogP contribution in [-0.4, -0.2) is 85.1 Å². The molecule has 0 radical (unpaired) electrons. The van der Waals surface area contributed by atoms with E-state index in [9.17, 15) is 24.0 Å². The lowest BCUT2D eigenvalue weighted by Gasteiger charge is -2.49. The van der Waals surface area contributed by atoms with Gasteiger partial charge in [-0.15, -0.1) is 33.3 Å². The van der Waals surface area contributed by atoms with Crippen LogP contribution in [0.4, 0.5) is 5.13 Å². The number of nitrogens with zero attached hydrogens (tertiary/aromatic N) is 4. The number of β-lactam (4-membered cyclic amide) rings is 1. The summed E-state index contributed by atoms with van der Waals surface area (Å²) in [7, 11) is 0. The van der Waals surface area contributed by atoms with Gasteiger partial charge >= 0.3 is 17.9 Å². The van der Waals surface area contributed by atoms with Crippen LogP contribution in [0.2, 0.25) is 0 Å². The maximum absolute atomic E-state index is 14.5. The van der Waals surface area contributed by atoms with Crippen molar-refractivity contribution < 1.29 is 38.2 Å². The number of fused-ring (bicyclic) bond motifs is 1. The van der Waals surface area contributed by atoms with Crippen LogP contribution in [0.25, 0.3) is 5.57 Å². The molecule has 1 unspecified atom stereocenters. The predicted octanol–water partition coefficient (Wildman–Crippen LogP) is 7.97. The Morgan fingerprint density at radius 3 is 2.00 bits per heavy atom. The number of nitrogens with one attached hydrogen (secondary N) is 2. The highest BCUT2D eigenvalue weighted by Crippen LogP contribution is 2.44. The number of hydrogen-bond donors (Lipinski definition) is 2. The highest BCUT2D eigenvalue weighted by Gasteiger charge is 2.55. The molecule has 1 fully saturated rings. The van der Waals surface area contributed by atoms with E-state index >= 15 is 0 Å². The standard InChI is InChI=1S/C47H48N6O8S4/c1-28-51-52-44(65-28)64-25-29-24-62-40-36(39(56)53(40)37(29)41(57)59-27-60-42(58)45(2,3)4)49-38(55)33(23-35(54)61-46(5,6)7)34-26-63-43(48-34)50-47(30-17-11-8-12-18-30,31-19-13-9-14-20-31)32-21-15-10-16-22-32/h8-23,26,36,40H,24-25,27H2,1-7H3,(H,48,50)(H,49,55)/t36?,40-/m1/s1. The van der Waals surface area contributed by atoms with Crippen LogP contribution in [0, 0.1) is 12.3 Å². The van der Waals surface area contributed by atoms with Gasteiger partial charge in [0.2, 0.25) is 6.79 Å². The molecule has 14 nitrogen and oxygen atoms in total. The molecule has 65 heavy (non-hydrogen) atoms. The number of ether oxygens (including phenoxy) is 3. The molecule has 5 aromatic rings. The Kier molecular flexibility index (Phi) is 14.3. The van der Waals surface area contributed by atoms with Crippen LogP contribution in [0.15, 0.2) is 118 Å². The van der Waals surface area contributed by atoms with E-state index in [4.69, 9.17) is 19.2 Å². The number of anilines is 1. The minimum Gasteiger partial charge on any atom is -0.457 e. The minimum absolute atomic E-state index is 0.00302. The van der Waals surface area contributed by atoms with E-state index in [1.807, 2.05) is 97.9 Å². The second-order valence-electron chi connectivity index (χ2n) is 17.0. The monoisotopic (exact) mass is 952 g/mol. The van der Waals surface area contributed by atoms with Crippen molar-refractivity contribution in [1.82, 2.24) is 25.4 Å². The summed E-state index contributed by atoms with van der Waals surface area (Å²) in [6.45, 7) is 11.4. The van der Waals surface area contributed by atoms with Gasteiger partial charge in [0.05, 0.1) is 16.7 Å². The molecule has 0 aliphatic carbocycles. The van der Waals surface area contributed by atoms with E-state index in [0.717, 1.165) is 27.8 Å². The molecule has 3 aromatic carbocycles. The first-order valence-corrected chi connectivity index (χ1v) is 24.3. The number of aromatic nitrogens is 3. The molecule has 2 amide bonds. The van der Waals surface area contributed by atoms with Crippen LogP contribution < -0.4 is 10.6 Å². The van der Waals surface area contributed by atoms with Gasteiger partial charge in [-0.05, 0) is 70.7 Å². The van der Waals surface area contributed by atoms with Gasteiger partial charge in [0, 0.05) is 23.0 Å². The lowest BCUT2D eigenvalue weighted by atomic mass is 9.77. The maximum atomic E-state index is 14.5. The molecule has 2 aromatic heterocycles. The first kappa shape index (κ1) is 47.2. The first-order chi connectivity index (χ1) is 30.9. The van der Waals surface area contributed by atoms with Crippen molar-refractivity contribution in [3.63, 3.8) is 0 Å². The molecule has 338 valence electrons. The number of rotatable bonds is 15. The SMILES string of the molecule is Cc1nnc(SCC2=C(C(=O)OCOC(=O)C(C)(C)C)N3C(=O)C(NC(=O)C(=CC(=O)OC(C)(C)C)c4csc(NC(c5ccccc5)(c5ccccc5)c5ccccc5)n4)[C@H]3SC2)s1. The highest BCUT2D eigenvalue weighted by molar-refractivity contribution is 8.01. The highest BCUT2D eigenvalue weighted by atomic mass is 32.2. The molecule has 1 saturated heterocycles. The van der Waals surface area contributed by atoms with E-state index in [1.165, 1.54) is 51.1 Å². The summed E-state index contributed by atoms with van der Waals surface area (Å²) in [6.07, 6.45) is 1.08. The average Bonchev–Trinajstić information content (AvgIpc) is 3.93. The molecule has 2 aliphatic rings. The number of benzene rings is 3. The van der Waals surface area contributed by atoms with Crippen molar-refractivity contribution in [2.24, 2.45) is 5.41 Å². The summed E-state index contributed by atoms with van der Waals surface area (Å²) in [5.41, 5.74) is 0.835. The number of esters is 3. The molecule has 18 heteroatoms. The molecule has 7 rings (SSSR count). The number of aryl methyl sites for hydroxylation is 1. The third kappa shape index (κ3) is 10.8. The normalized spacial score (nSPS) is 16.6. The summed E-state index contributed by atoms with van der Waals surface area (Å²) in [5, 5.41) is 17.0. The third-order valence-corrected chi connectivity index (χ3v) is 14.2. The van der Waals surface area contributed by atoms with Crippen LogP contribution in [0.3, 0.4) is 0 Å². The number of thiazole rings is 1. The molecular formula is C47H48N6O8S4. The zero-order valence-electron chi connectivity index (χ0n) is 36.8. The van der Waals surface area contributed by atoms with Crippen LogP contribution in [0.5, 0.6) is 0 Å². The van der Waals surface area contributed by atoms with Gasteiger partial charge in [0.25, 0.3) is 11.8 Å². The average molecular weight is 953 g/mol. The molecule has 0 bridgehead atoms. The molecule has 0 saturated carbocycles. The number of amides is 2. The van der Waals surface area contributed by atoms with Crippen LogP contribution in [0.1, 0.15) is 68.9 Å². The fourth-order valence-corrected chi connectivity index (χ4v) is 11.1. The van der Waals surface area contributed by atoms with E-state index in [-0.39, 0.29) is 17.0 Å². The Morgan fingerprint density at radius 2 is 1.46 bits per heavy atom. The van der Waals surface area contributed by atoms with Gasteiger partial charge in [-0.25, -0.2) is 14.6 Å². The van der Waals surface area contributed by atoms with E-state index < -0.39 is 64.5 Å². The van der Waals surface area contributed by atoms with Gasteiger partial charge in [0.15, 0.2) is 9.47 Å². The van der Waals surface area contributed by atoms with Gasteiger partial charge < -0.3 is 24.8 Å². The van der Waals surface area contributed by atoms with Gasteiger partial charge in [0.1, 0.15) is 33.3 Å². The summed E-state index contributed by atoms with van der Waals surface area (Å²) < 4.78 is 16.9. The van der Waals surface area contributed by atoms with Crippen molar-refractivity contribution in [2.75, 3.05) is 23.6 Å². The second-order valence-corrected chi connectivity index (χ2v) is 21.4. The quantitative estimate of drug-likeness (QED) is 0.0258. The fraction of sp³-hybridized carbons (Fsp3) is 0.319. The third-order valence-electron chi connectivity index (χ3n) is 10.0. The number of carbonyl (C=O) groups is 5. The van der Waals surface area contributed by atoms with E-state index in [1.54, 1.807) is 46.9 Å². The Bertz CT molecular complexity index is 2520. The maximum Gasteiger partial charge on any atom is 0.357 e. The lowest BCUT2D eigenvalue weighted by Crippen LogP contribution is -2.70. The summed E-state index contributed by atoms with van der Waals surface area (Å²) >= 11 is 5.37. The number of hydrogen-bond acceptors (Lipinski definition) is 16. The number of carbonyl (C=O) groups excluding carboxylic acids is 5. The van der Waals surface area contributed by atoms with E-state index in [2.05, 4.69) is 20.8 Å². The Labute approximate surface area is 393 Å². The zero-order chi connectivity index (χ0) is 46.5. The second kappa shape index (κ2) is 19.7. The Balaban J connectivity index is 1.18. The van der Waals surface area contributed by atoms with E-state index in [0.29, 0.717) is 26.6 Å². The van der Waals surface area contributed by atoms with Crippen molar-refractivity contribution in [1.29, 1.82) is 0 Å². The molecule has 2 atom stereocenters. The number of thioether (sulfide) groups is 2. The fourth-order valence-electron chi connectivity index (χ4n) is 7.01. The lowest BCUT2D eigenvalue weighted by molar-refractivity contribution is -0.173. The van der Waals surface area contributed by atoms with Crippen LogP contribution in [-0.2, 0) is 43.7 Å². The largest absolute Gasteiger partial charge is 0.457 e. The smallest absolute Gasteiger partial charge is 0.357 e. The topological polar surface area (TPSA) is 179 Å². The summed E-state index contributed by atoms with van der Waals surface area (Å²) in [6, 6.07) is 28.8. The van der Waals surface area contributed by atoms with Gasteiger partial charge in [-0.1, -0.05) is 114 Å². The molecule has 4 heterocycles. The summed E-state index contributed by atoms with van der Waals surface area (Å²) in [5.74, 6) is -2.91. The zero-order valence-corrected chi connectivity index (χ0v) is 40.0. The molecule has 0 spiro atoms. The molecule has 2 aliphatic heterocycles. The molecular weight excluding hydrogens is 905 g/mol. The van der Waals surface area contributed by atoms with Crippen molar-refractivity contribution in [3.8, 4) is 0 Å². The van der Waals surface area contributed by atoms with Crippen molar-refractivity contribution in [3.05, 3.63) is 141 Å². The predicted molar refractivity (Wildman–Crippen MR) is 253 cm³/mol. The van der Waals surface area contributed by atoms with Crippen LogP contribution >= 0.6 is 46.2 Å². The Hall–Kier alpha value is -5.82. The van der Waals surface area contributed by atoms with Crippen molar-refractivity contribution >= 4 is 86.6 Å². The van der Waals surface area contributed by atoms with Gasteiger partial charge in [-0.3, -0.25) is 19.3 Å². The summed E-state index contributed by atoms with van der Waals surface area (Å²) in [4.78, 5) is 74.4.